The van der Waals surface area contributed by atoms with Gasteiger partial charge in [-0.05, 0) is 12.3 Å². The zero-order chi connectivity index (χ0) is 8.15. The molecule has 0 aromatic carbocycles. The lowest BCUT2D eigenvalue weighted by molar-refractivity contribution is -0.139. The molecule has 60 valence electrons. The summed E-state index contributed by atoms with van der Waals surface area (Å²) >= 11 is 0. The molecule has 4 N–H and O–H groups in total. The van der Waals surface area contributed by atoms with E-state index in [1.807, 2.05) is 0 Å². The first kappa shape index (κ1) is 9.39. The highest BCUT2D eigenvalue weighted by Crippen LogP contribution is 2.02. The van der Waals surface area contributed by atoms with Crippen LogP contribution in [0, 0.1) is 5.92 Å². The number of carboxylic acid groups (broad SMARTS) is 1. The van der Waals surface area contributed by atoms with Crippen LogP contribution in [-0.4, -0.2) is 28.8 Å². The molecule has 2 atom stereocenters. The third-order valence-electron chi connectivity index (χ3n) is 1.29. The predicted octanol–water partition coefficient (Wildman–Crippen LogP) is -0.583. The second kappa shape index (κ2) is 4.24. The fraction of sp³-hybridized carbons (Fsp3) is 0.833. The Morgan fingerprint density at radius 2 is 2.20 bits per heavy atom. The first-order chi connectivity index (χ1) is 4.57. The lowest BCUT2D eigenvalue weighted by Crippen LogP contribution is -2.32. The SMILES string of the molecule is C[C@@H](CO)CC(N)C(=O)O. The van der Waals surface area contributed by atoms with Crippen LogP contribution < -0.4 is 5.73 Å². The second-order valence-corrected chi connectivity index (χ2v) is 2.47. The number of aliphatic carboxylic acids is 1. The van der Waals surface area contributed by atoms with E-state index >= 15 is 0 Å². The van der Waals surface area contributed by atoms with Gasteiger partial charge in [0.05, 0.1) is 0 Å². The van der Waals surface area contributed by atoms with Crippen LogP contribution in [0.3, 0.4) is 0 Å². The van der Waals surface area contributed by atoms with Gasteiger partial charge in [0.1, 0.15) is 6.04 Å². The summed E-state index contributed by atoms with van der Waals surface area (Å²) in [5, 5.41) is 16.8. The largest absolute Gasteiger partial charge is 0.480 e. The normalized spacial score (nSPS) is 16.3. The maximum absolute atomic E-state index is 10.1. The summed E-state index contributed by atoms with van der Waals surface area (Å²) in [7, 11) is 0. The first-order valence-electron chi connectivity index (χ1n) is 3.17. The van der Waals surface area contributed by atoms with Gasteiger partial charge in [-0.2, -0.15) is 0 Å². The summed E-state index contributed by atoms with van der Waals surface area (Å²) in [5.74, 6) is -1.05. The third kappa shape index (κ3) is 3.42. The molecule has 0 fully saturated rings. The monoisotopic (exact) mass is 147 g/mol. The molecule has 0 aromatic heterocycles. The minimum Gasteiger partial charge on any atom is -0.480 e. The van der Waals surface area contributed by atoms with E-state index in [4.69, 9.17) is 15.9 Å². The maximum Gasteiger partial charge on any atom is 0.320 e. The molecule has 0 bridgehead atoms. The summed E-state index contributed by atoms with van der Waals surface area (Å²) in [6.07, 6.45) is 0.325. The van der Waals surface area contributed by atoms with E-state index in [1.54, 1.807) is 6.92 Å². The van der Waals surface area contributed by atoms with Crippen molar-refractivity contribution in [3.63, 3.8) is 0 Å². The zero-order valence-corrected chi connectivity index (χ0v) is 5.95. The Labute approximate surface area is 59.7 Å². The molecule has 0 rings (SSSR count). The quantitative estimate of drug-likeness (QED) is 0.496. The molecule has 4 nitrogen and oxygen atoms in total. The number of nitrogens with two attached hydrogens (primary N) is 1. The van der Waals surface area contributed by atoms with Gasteiger partial charge >= 0.3 is 5.97 Å². The maximum atomic E-state index is 10.1. The minimum absolute atomic E-state index is 0.0129. The molecule has 0 saturated heterocycles. The van der Waals surface area contributed by atoms with Crippen LogP contribution in [0.1, 0.15) is 13.3 Å². The van der Waals surface area contributed by atoms with Crippen LogP contribution in [0.5, 0.6) is 0 Å². The fourth-order valence-corrected chi connectivity index (χ4v) is 0.609. The number of carboxylic acids is 1. The number of hydrogen-bond acceptors (Lipinski definition) is 3. The van der Waals surface area contributed by atoms with Gasteiger partial charge < -0.3 is 15.9 Å². The Balaban J connectivity index is 3.56. The molecule has 0 aliphatic rings. The molecule has 4 heteroatoms. The molecule has 0 spiro atoms. The number of aliphatic hydroxyl groups excluding tert-OH is 1. The molecule has 0 aliphatic carbocycles. The highest BCUT2D eigenvalue weighted by atomic mass is 16.4. The van der Waals surface area contributed by atoms with Crippen molar-refractivity contribution >= 4 is 5.97 Å². The van der Waals surface area contributed by atoms with Gasteiger partial charge in [-0.25, -0.2) is 0 Å². The molecule has 0 radical (unpaired) electrons. The van der Waals surface area contributed by atoms with E-state index in [0.717, 1.165) is 0 Å². The summed E-state index contributed by atoms with van der Waals surface area (Å²) in [5.41, 5.74) is 5.18. The van der Waals surface area contributed by atoms with E-state index in [1.165, 1.54) is 0 Å². The van der Waals surface area contributed by atoms with Crippen LogP contribution in [0.2, 0.25) is 0 Å². The molecular weight excluding hydrogens is 134 g/mol. The molecule has 0 heterocycles. The molecule has 0 saturated carbocycles. The molecular formula is C6H13NO3. The van der Waals surface area contributed by atoms with Crippen molar-refractivity contribution in [2.75, 3.05) is 6.61 Å². The lowest BCUT2D eigenvalue weighted by Gasteiger charge is -2.10. The topological polar surface area (TPSA) is 83.5 Å². The van der Waals surface area contributed by atoms with Gasteiger partial charge in [0, 0.05) is 6.61 Å². The van der Waals surface area contributed by atoms with Crippen molar-refractivity contribution in [2.24, 2.45) is 11.7 Å². The molecule has 0 aliphatic heterocycles. The molecule has 10 heavy (non-hydrogen) atoms. The third-order valence-corrected chi connectivity index (χ3v) is 1.29. The highest BCUT2D eigenvalue weighted by molar-refractivity contribution is 5.72. The molecule has 0 amide bonds. The van der Waals surface area contributed by atoms with E-state index in [2.05, 4.69) is 0 Å². The molecule has 1 unspecified atom stereocenters. The lowest BCUT2D eigenvalue weighted by atomic mass is 10.0. The van der Waals surface area contributed by atoms with Crippen LogP contribution >= 0.6 is 0 Å². The van der Waals surface area contributed by atoms with Crippen molar-refractivity contribution < 1.29 is 15.0 Å². The van der Waals surface area contributed by atoms with Gasteiger partial charge in [-0.1, -0.05) is 6.92 Å². The van der Waals surface area contributed by atoms with E-state index < -0.39 is 12.0 Å². The number of hydrogen-bond donors (Lipinski definition) is 3. The summed E-state index contributed by atoms with van der Waals surface area (Å²) < 4.78 is 0. The van der Waals surface area contributed by atoms with Crippen molar-refractivity contribution in [1.29, 1.82) is 0 Å². The first-order valence-corrected chi connectivity index (χ1v) is 3.17. The number of rotatable bonds is 4. The molecule has 0 aromatic rings. The van der Waals surface area contributed by atoms with E-state index in [9.17, 15) is 4.79 Å². The van der Waals surface area contributed by atoms with Gasteiger partial charge in [0.15, 0.2) is 0 Å². The van der Waals surface area contributed by atoms with Crippen molar-refractivity contribution in [1.82, 2.24) is 0 Å². The Bertz CT molecular complexity index is 116. The standard InChI is InChI=1S/C6H13NO3/c1-4(3-8)2-5(7)6(9)10/h4-5,8H,2-3,7H2,1H3,(H,9,10)/t4-,5?/m1/s1. The highest BCUT2D eigenvalue weighted by Gasteiger charge is 2.14. The summed E-state index contributed by atoms with van der Waals surface area (Å²) in [6.45, 7) is 1.74. The summed E-state index contributed by atoms with van der Waals surface area (Å²) in [4.78, 5) is 10.1. The average molecular weight is 147 g/mol. The van der Waals surface area contributed by atoms with Gasteiger partial charge in [0.2, 0.25) is 0 Å². The van der Waals surface area contributed by atoms with E-state index in [-0.39, 0.29) is 12.5 Å². The number of aliphatic hydroxyl groups is 1. The summed E-state index contributed by atoms with van der Waals surface area (Å²) in [6, 6.07) is -0.845. The second-order valence-electron chi connectivity index (χ2n) is 2.47. The van der Waals surface area contributed by atoms with Crippen molar-refractivity contribution in [3.05, 3.63) is 0 Å². The smallest absolute Gasteiger partial charge is 0.320 e. The Morgan fingerprint density at radius 3 is 2.50 bits per heavy atom. The van der Waals surface area contributed by atoms with Crippen molar-refractivity contribution in [3.8, 4) is 0 Å². The van der Waals surface area contributed by atoms with Crippen LogP contribution in [0.15, 0.2) is 0 Å². The number of carbonyl (C=O) groups is 1. The predicted molar refractivity (Wildman–Crippen MR) is 36.5 cm³/mol. The van der Waals surface area contributed by atoms with Crippen LogP contribution in [0.4, 0.5) is 0 Å². The van der Waals surface area contributed by atoms with Gasteiger partial charge in [-0.15, -0.1) is 0 Å². The minimum atomic E-state index is -1.01. The van der Waals surface area contributed by atoms with Gasteiger partial charge in [0.25, 0.3) is 0 Å². The zero-order valence-electron chi connectivity index (χ0n) is 5.95. The van der Waals surface area contributed by atoms with E-state index in [0.29, 0.717) is 6.42 Å². The van der Waals surface area contributed by atoms with Crippen molar-refractivity contribution in [2.45, 2.75) is 19.4 Å². The average Bonchev–Trinajstić information content (AvgIpc) is 1.87. The Morgan fingerprint density at radius 1 is 1.70 bits per heavy atom. The fourth-order valence-electron chi connectivity index (χ4n) is 0.609. The van der Waals surface area contributed by atoms with Crippen LogP contribution in [0.25, 0.3) is 0 Å². The Kier molecular flexibility index (Phi) is 3.99. The van der Waals surface area contributed by atoms with Gasteiger partial charge in [-0.3, -0.25) is 4.79 Å². The Hall–Kier alpha value is -0.610. The van der Waals surface area contributed by atoms with Crippen LogP contribution in [-0.2, 0) is 4.79 Å².